The summed E-state index contributed by atoms with van der Waals surface area (Å²) in [5.74, 6) is 0.188. The maximum Gasteiger partial charge on any atom is 0.152 e. The number of carbonyl (C=O) groups excluding carboxylic acids is 1. The fourth-order valence-electron chi connectivity index (χ4n) is 1.53. The van der Waals surface area contributed by atoms with Gasteiger partial charge in [-0.15, -0.1) is 0 Å². The molecule has 0 saturated heterocycles. The third-order valence-corrected chi connectivity index (χ3v) is 3.36. The first-order valence-corrected chi connectivity index (χ1v) is 6.32. The van der Waals surface area contributed by atoms with Crippen LogP contribution in [0.3, 0.4) is 0 Å². The number of aryl methyl sites for hydroxylation is 2. The van der Waals surface area contributed by atoms with Gasteiger partial charge in [-0.2, -0.15) is 5.10 Å². The van der Waals surface area contributed by atoms with Crippen LogP contribution in [-0.4, -0.2) is 28.7 Å². The van der Waals surface area contributed by atoms with E-state index < -0.39 is 0 Å². The lowest BCUT2D eigenvalue weighted by Crippen LogP contribution is -2.24. The highest BCUT2D eigenvalue weighted by Gasteiger charge is 2.15. The van der Waals surface area contributed by atoms with Gasteiger partial charge in [-0.25, -0.2) is 0 Å². The van der Waals surface area contributed by atoms with Crippen molar-refractivity contribution in [2.45, 2.75) is 26.7 Å². The van der Waals surface area contributed by atoms with Crippen LogP contribution in [0.1, 0.15) is 25.2 Å². The van der Waals surface area contributed by atoms with Gasteiger partial charge in [0.25, 0.3) is 0 Å². The van der Waals surface area contributed by atoms with Crippen molar-refractivity contribution >= 4 is 21.7 Å². The number of hydrogen-bond acceptors (Lipinski definition) is 3. The summed E-state index contributed by atoms with van der Waals surface area (Å²) in [5.41, 5.74) is 1.97. The molecule has 0 radical (unpaired) electrons. The Bertz CT molecular complexity index is 374. The quantitative estimate of drug-likeness (QED) is 0.862. The molecule has 0 fully saturated rings. The van der Waals surface area contributed by atoms with Crippen LogP contribution < -0.4 is 5.32 Å². The smallest absolute Gasteiger partial charge is 0.152 e. The van der Waals surface area contributed by atoms with Crippen molar-refractivity contribution in [2.75, 3.05) is 13.1 Å². The average molecular weight is 288 g/mol. The molecular formula is C11H18BrN3O. The van der Waals surface area contributed by atoms with E-state index in [9.17, 15) is 4.79 Å². The second-order valence-corrected chi connectivity index (χ2v) is 4.47. The number of nitrogens with zero attached hydrogens (tertiary/aromatic N) is 2. The summed E-state index contributed by atoms with van der Waals surface area (Å²) < 4.78 is 2.76. The Kier molecular flexibility index (Phi) is 5.15. The van der Waals surface area contributed by atoms with E-state index in [4.69, 9.17) is 0 Å². The monoisotopic (exact) mass is 287 g/mol. The van der Waals surface area contributed by atoms with Crippen molar-refractivity contribution in [1.82, 2.24) is 15.1 Å². The third-order valence-electron chi connectivity index (χ3n) is 2.44. The summed E-state index contributed by atoms with van der Waals surface area (Å²) in [5, 5.41) is 7.39. The highest BCUT2D eigenvalue weighted by Crippen LogP contribution is 2.21. The second-order valence-electron chi connectivity index (χ2n) is 3.68. The van der Waals surface area contributed by atoms with E-state index in [-0.39, 0.29) is 5.78 Å². The minimum Gasteiger partial charge on any atom is -0.310 e. The first-order chi connectivity index (χ1) is 7.60. The largest absolute Gasteiger partial charge is 0.310 e. The lowest BCUT2D eigenvalue weighted by Gasteiger charge is -2.03. The number of aromatic nitrogens is 2. The molecule has 0 bridgehead atoms. The van der Waals surface area contributed by atoms with Gasteiger partial charge in [-0.1, -0.05) is 13.8 Å². The first kappa shape index (κ1) is 13.4. The van der Waals surface area contributed by atoms with E-state index in [0.717, 1.165) is 28.8 Å². The van der Waals surface area contributed by atoms with E-state index >= 15 is 0 Å². The summed E-state index contributed by atoms with van der Waals surface area (Å²) >= 11 is 3.50. The molecular weight excluding hydrogens is 270 g/mol. The molecule has 1 heterocycles. The Morgan fingerprint density at radius 1 is 1.50 bits per heavy atom. The van der Waals surface area contributed by atoms with Crippen molar-refractivity contribution in [3.8, 4) is 0 Å². The fraction of sp³-hybridized carbons (Fsp3) is 0.636. The number of nitrogens with one attached hydrogen (secondary N) is 1. The third kappa shape index (κ3) is 3.15. The number of ketones is 1. The Morgan fingerprint density at radius 2 is 2.19 bits per heavy atom. The number of halogens is 1. The van der Waals surface area contributed by atoms with Crippen molar-refractivity contribution in [3.05, 3.63) is 15.9 Å². The zero-order valence-electron chi connectivity index (χ0n) is 10.0. The van der Waals surface area contributed by atoms with Crippen LogP contribution >= 0.6 is 15.9 Å². The van der Waals surface area contributed by atoms with E-state index in [0.29, 0.717) is 13.0 Å². The molecule has 1 aromatic heterocycles. The Morgan fingerprint density at radius 3 is 2.69 bits per heavy atom. The van der Waals surface area contributed by atoms with Gasteiger partial charge in [-0.05, 0) is 28.9 Å². The molecule has 0 unspecified atom stereocenters. The second kappa shape index (κ2) is 6.15. The van der Waals surface area contributed by atoms with Crippen LogP contribution in [-0.2, 0) is 24.7 Å². The maximum atomic E-state index is 11.6. The topological polar surface area (TPSA) is 46.9 Å². The van der Waals surface area contributed by atoms with Gasteiger partial charge < -0.3 is 5.32 Å². The number of carbonyl (C=O) groups is 1. The molecule has 0 aliphatic heterocycles. The average Bonchev–Trinajstić information content (AvgIpc) is 2.53. The van der Waals surface area contributed by atoms with Crippen LogP contribution in [0, 0.1) is 0 Å². The molecule has 16 heavy (non-hydrogen) atoms. The van der Waals surface area contributed by atoms with Gasteiger partial charge in [0.05, 0.1) is 28.8 Å². The predicted molar refractivity (Wildman–Crippen MR) is 67.5 cm³/mol. The molecule has 0 atom stereocenters. The molecule has 4 nitrogen and oxygen atoms in total. The molecule has 1 aromatic rings. The minimum atomic E-state index is 0.188. The summed E-state index contributed by atoms with van der Waals surface area (Å²) in [4.78, 5) is 11.6. The van der Waals surface area contributed by atoms with Crippen molar-refractivity contribution in [1.29, 1.82) is 0 Å². The first-order valence-electron chi connectivity index (χ1n) is 5.52. The lowest BCUT2D eigenvalue weighted by molar-refractivity contribution is -0.117. The van der Waals surface area contributed by atoms with Crippen LogP contribution in [0.25, 0.3) is 0 Å². The Labute approximate surface area is 105 Å². The SMILES string of the molecule is CCNCC(=O)Cc1c(Br)c(CC)nn1C. The molecule has 5 heteroatoms. The zero-order valence-corrected chi connectivity index (χ0v) is 11.6. The molecule has 0 saturated carbocycles. The highest BCUT2D eigenvalue weighted by molar-refractivity contribution is 9.10. The Hall–Kier alpha value is -0.680. The molecule has 1 N–H and O–H groups in total. The number of likely N-dealkylation sites (N-methyl/N-ethyl adjacent to an activating group) is 1. The summed E-state index contributed by atoms with van der Waals surface area (Å²) in [6.45, 7) is 5.29. The van der Waals surface area contributed by atoms with E-state index in [1.807, 2.05) is 14.0 Å². The number of rotatable bonds is 6. The molecule has 1 rings (SSSR count). The molecule has 0 aliphatic rings. The van der Waals surface area contributed by atoms with Gasteiger partial charge in [0.15, 0.2) is 5.78 Å². The van der Waals surface area contributed by atoms with Crippen LogP contribution in [0.4, 0.5) is 0 Å². The van der Waals surface area contributed by atoms with Gasteiger partial charge in [0, 0.05) is 7.05 Å². The molecule has 0 aromatic carbocycles. The molecule has 0 spiro atoms. The highest BCUT2D eigenvalue weighted by atomic mass is 79.9. The summed E-state index contributed by atoms with van der Waals surface area (Å²) in [6, 6.07) is 0. The van der Waals surface area contributed by atoms with Crippen molar-refractivity contribution in [2.24, 2.45) is 7.05 Å². The van der Waals surface area contributed by atoms with E-state index in [2.05, 4.69) is 33.3 Å². The zero-order chi connectivity index (χ0) is 12.1. The number of Topliss-reactive ketones (excluding diaryl/α,β-unsaturated/α-hetero) is 1. The van der Waals surface area contributed by atoms with Crippen LogP contribution in [0.5, 0.6) is 0 Å². The number of hydrogen-bond donors (Lipinski definition) is 1. The van der Waals surface area contributed by atoms with Crippen LogP contribution in [0.2, 0.25) is 0 Å². The van der Waals surface area contributed by atoms with Crippen LogP contribution in [0.15, 0.2) is 4.47 Å². The standard InChI is InChI=1S/C11H18BrN3O/c1-4-9-11(12)10(15(3)14-9)6-8(16)7-13-5-2/h13H,4-7H2,1-3H3. The minimum absolute atomic E-state index is 0.188. The molecule has 0 amide bonds. The predicted octanol–water partition coefficient (Wildman–Crippen LogP) is 1.47. The molecule has 90 valence electrons. The Balaban J connectivity index is 2.73. The van der Waals surface area contributed by atoms with Gasteiger partial charge in [-0.3, -0.25) is 9.48 Å². The normalized spacial score (nSPS) is 10.8. The maximum absolute atomic E-state index is 11.6. The van der Waals surface area contributed by atoms with Crippen molar-refractivity contribution in [3.63, 3.8) is 0 Å². The van der Waals surface area contributed by atoms with Gasteiger partial charge >= 0.3 is 0 Å². The van der Waals surface area contributed by atoms with Gasteiger partial charge in [0.2, 0.25) is 0 Å². The summed E-state index contributed by atoms with van der Waals surface area (Å²) in [7, 11) is 1.87. The lowest BCUT2D eigenvalue weighted by atomic mass is 10.2. The van der Waals surface area contributed by atoms with E-state index in [1.54, 1.807) is 4.68 Å². The summed E-state index contributed by atoms with van der Waals surface area (Å²) in [6.07, 6.45) is 1.30. The van der Waals surface area contributed by atoms with E-state index in [1.165, 1.54) is 0 Å². The molecule has 0 aliphatic carbocycles. The van der Waals surface area contributed by atoms with Crippen molar-refractivity contribution < 1.29 is 4.79 Å². The fourth-order valence-corrected chi connectivity index (χ4v) is 2.28. The van der Waals surface area contributed by atoms with Gasteiger partial charge in [0.1, 0.15) is 0 Å².